The highest BCUT2D eigenvalue weighted by atomic mass is 16.1. The summed E-state index contributed by atoms with van der Waals surface area (Å²) in [5.41, 5.74) is 3.48. The fraction of sp³-hybridized carbons (Fsp3) is 0.333. The van der Waals surface area contributed by atoms with Gasteiger partial charge in [0, 0.05) is 7.05 Å². The maximum Gasteiger partial charge on any atom is 0.279 e. The van der Waals surface area contributed by atoms with Gasteiger partial charge in [0.15, 0.2) is 0 Å². The Morgan fingerprint density at radius 2 is 1.88 bits per heavy atom. The highest BCUT2D eigenvalue weighted by Crippen LogP contribution is 2.05. The molecule has 0 saturated carbocycles. The third-order valence-electron chi connectivity index (χ3n) is 2.17. The molecule has 1 aromatic carbocycles. The van der Waals surface area contributed by atoms with E-state index in [1.807, 2.05) is 32.0 Å². The lowest BCUT2D eigenvalue weighted by atomic mass is 10.2. The van der Waals surface area contributed by atoms with Crippen LogP contribution in [0.15, 0.2) is 29.1 Å². The summed E-state index contributed by atoms with van der Waals surface area (Å²) in [6.07, 6.45) is 0. The van der Waals surface area contributed by atoms with Gasteiger partial charge in [0.25, 0.3) is 5.56 Å². The number of aromatic nitrogens is 2. The van der Waals surface area contributed by atoms with Gasteiger partial charge in [-0.05, 0) is 19.1 Å². The van der Waals surface area contributed by atoms with E-state index in [0.29, 0.717) is 11.2 Å². The number of hydrogen-bond donors (Lipinski definition) is 1. The first kappa shape index (κ1) is 12.2. The standard InChI is InChI=1S/C10H11N3O.C2H6/c1-7-12-9-6-4-3-5-8(9)10(14)13(7)11-2;1-2/h3-6,11H,1-2H3;1-2H3. The molecule has 4 heteroatoms. The van der Waals surface area contributed by atoms with Gasteiger partial charge in [0.2, 0.25) is 0 Å². The minimum atomic E-state index is -0.0596. The summed E-state index contributed by atoms with van der Waals surface area (Å²) in [6.45, 7) is 5.80. The summed E-state index contributed by atoms with van der Waals surface area (Å²) in [5, 5.41) is 0.632. The van der Waals surface area contributed by atoms with Crippen molar-refractivity contribution in [2.24, 2.45) is 0 Å². The van der Waals surface area contributed by atoms with Gasteiger partial charge in [0.05, 0.1) is 10.9 Å². The Balaban J connectivity index is 0.000000606. The Hall–Kier alpha value is -1.84. The fourth-order valence-electron chi connectivity index (χ4n) is 1.51. The average molecular weight is 219 g/mol. The molecule has 2 aromatic rings. The molecular formula is C12H17N3O. The van der Waals surface area contributed by atoms with Gasteiger partial charge in [0.1, 0.15) is 5.82 Å². The van der Waals surface area contributed by atoms with E-state index < -0.39 is 0 Å². The topological polar surface area (TPSA) is 46.9 Å². The molecule has 2 rings (SSSR count). The first-order valence-electron chi connectivity index (χ1n) is 5.40. The molecule has 0 bridgehead atoms. The van der Waals surface area contributed by atoms with Gasteiger partial charge in [-0.2, -0.15) is 0 Å². The number of benzene rings is 1. The van der Waals surface area contributed by atoms with E-state index in [4.69, 9.17) is 0 Å². The van der Waals surface area contributed by atoms with Crippen LogP contribution < -0.4 is 11.0 Å². The van der Waals surface area contributed by atoms with Crippen LogP contribution in [0, 0.1) is 6.92 Å². The van der Waals surface area contributed by atoms with Crippen LogP contribution in [0.5, 0.6) is 0 Å². The van der Waals surface area contributed by atoms with Crippen LogP contribution in [-0.4, -0.2) is 16.7 Å². The molecule has 0 fully saturated rings. The highest BCUT2D eigenvalue weighted by Gasteiger charge is 2.04. The van der Waals surface area contributed by atoms with Gasteiger partial charge in [-0.3, -0.25) is 4.79 Å². The Kier molecular flexibility index (Phi) is 4.05. The summed E-state index contributed by atoms with van der Waals surface area (Å²) in [6, 6.07) is 7.32. The zero-order valence-corrected chi connectivity index (χ0v) is 10.1. The number of hydrogen-bond acceptors (Lipinski definition) is 3. The second kappa shape index (κ2) is 5.30. The molecule has 4 nitrogen and oxygen atoms in total. The molecule has 16 heavy (non-hydrogen) atoms. The van der Waals surface area contributed by atoms with Crippen LogP contribution in [0.2, 0.25) is 0 Å². The van der Waals surface area contributed by atoms with Gasteiger partial charge in [-0.15, -0.1) is 0 Å². The number of rotatable bonds is 1. The van der Waals surface area contributed by atoms with Crippen molar-refractivity contribution < 1.29 is 0 Å². The Bertz CT molecular complexity index is 531. The van der Waals surface area contributed by atoms with E-state index in [2.05, 4.69) is 10.4 Å². The van der Waals surface area contributed by atoms with Gasteiger partial charge < -0.3 is 5.43 Å². The van der Waals surface area contributed by atoms with Crippen molar-refractivity contribution in [3.63, 3.8) is 0 Å². The Labute approximate surface area is 94.9 Å². The number of para-hydroxylation sites is 1. The predicted molar refractivity (Wildman–Crippen MR) is 67.4 cm³/mol. The van der Waals surface area contributed by atoms with Gasteiger partial charge in [-0.1, -0.05) is 26.0 Å². The van der Waals surface area contributed by atoms with Crippen molar-refractivity contribution in [1.82, 2.24) is 9.66 Å². The second-order valence-corrected chi connectivity index (χ2v) is 3.04. The minimum Gasteiger partial charge on any atom is -0.325 e. The third kappa shape index (κ3) is 2.05. The average Bonchev–Trinajstić information content (AvgIpc) is 2.32. The van der Waals surface area contributed by atoms with Gasteiger partial charge in [-0.25, -0.2) is 9.66 Å². The fourth-order valence-corrected chi connectivity index (χ4v) is 1.51. The molecule has 0 saturated heterocycles. The van der Waals surface area contributed by atoms with Gasteiger partial charge >= 0.3 is 0 Å². The summed E-state index contributed by atoms with van der Waals surface area (Å²) < 4.78 is 1.43. The summed E-state index contributed by atoms with van der Waals surface area (Å²) in [5.74, 6) is 0.663. The van der Waals surface area contributed by atoms with Crippen molar-refractivity contribution in [3.8, 4) is 0 Å². The normalized spacial score (nSPS) is 9.50. The van der Waals surface area contributed by atoms with E-state index >= 15 is 0 Å². The molecule has 1 aromatic heterocycles. The lowest BCUT2D eigenvalue weighted by Gasteiger charge is -2.08. The van der Waals surface area contributed by atoms with Crippen molar-refractivity contribution in [1.29, 1.82) is 0 Å². The van der Waals surface area contributed by atoms with Crippen LogP contribution in [0.3, 0.4) is 0 Å². The van der Waals surface area contributed by atoms with Crippen LogP contribution in [0.25, 0.3) is 10.9 Å². The second-order valence-electron chi connectivity index (χ2n) is 3.04. The van der Waals surface area contributed by atoms with E-state index in [1.54, 1.807) is 20.0 Å². The molecule has 0 aliphatic heterocycles. The SMILES string of the molecule is CC.CNn1c(C)nc2ccccc2c1=O. The molecule has 86 valence electrons. The van der Waals surface area contributed by atoms with Crippen LogP contribution >= 0.6 is 0 Å². The molecule has 1 heterocycles. The highest BCUT2D eigenvalue weighted by molar-refractivity contribution is 5.77. The summed E-state index contributed by atoms with van der Waals surface area (Å²) >= 11 is 0. The molecule has 0 aliphatic rings. The minimum absolute atomic E-state index is 0.0596. The molecule has 0 spiro atoms. The van der Waals surface area contributed by atoms with E-state index in [1.165, 1.54) is 4.68 Å². The molecule has 0 aliphatic carbocycles. The maximum atomic E-state index is 11.8. The lowest BCUT2D eigenvalue weighted by Crippen LogP contribution is -2.29. The third-order valence-corrected chi connectivity index (χ3v) is 2.17. The van der Waals surface area contributed by atoms with Crippen LogP contribution in [0.4, 0.5) is 0 Å². The van der Waals surface area contributed by atoms with Crippen molar-refractivity contribution >= 4 is 10.9 Å². The maximum absolute atomic E-state index is 11.8. The largest absolute Gasteiger partial charge is 0.325 e. The van der Waals surface area contributed by atoms with Crippen molar-refractivity contribution in [2.45, 2.75) is 20.8 Å². The first-order valence-corrected chi connectivity index (χ1v) is 5.40. The Morgan fingerprint density at radius 3 is 2.50 bits per heavy atom. The summed E-state index contributed by atoms with van der Waals surface area (Å²) in [7, 11) is 1.70. The number of nitrogens with one attached hydrogen (secondary N) is 1. The number of aryl methyl sites for hydroxylation is 1. The Morgan fingerprint density at radius 1 is 1.25 bits per heavy atom. The van der Waals surface area contributed by atoms with E-state index in [-0.39, 0.29) is 5.56 Å². The molecule has 0 atom stereocenters. The number of nitrogens with zero attached hydrogens (tertiary/aromatic N) is 2. The quantitative estimate of drug-likeness (QED) is 0.797. The molecular weight excluding hydrogens is 202 g/mol. The van der Waals surface area contributed by atoms with Crippen molar-refractivity contribution in [3.05, 3.63) is 40.4 Å². The molecule has 0 amide bonds. The first-order chi connectivity index (χ1) is 7.74. The predicted octanol–water partition coefficient (Wildman–Crippen LogP) is 1.90. The zero-order chi connectivity index (χ0) is 12.1. The lowest BCUT2D eigenvalue weighted by molar-refractivity contribution is 0.805. The number of fused-ring (bicyclic) bond motifs is 1. The van der Waals surface area contributed by atoms with E-state index in [9.17, 15) is 4.79 Å². The zero-order valence-electron chi connectivity index (χ0n) is 10.1. The van der Waals surface area contributed by atoms with Crippen LogP contribution in [-0.2, 0) is 0 Å². The molecule has 0 unspecified atom stereocenters. The smallest absolute Gasteiger partial charge is 0.279 e. The molecule has 1 N–H and O–H groups in total. The molecule has 0 radical (unpaired) electrons. The van der Waals surface area contributed by atoms with Crippen LogP contribution in [0.1, 0.15) is 19.7 Å². The summed E-state index contributed by atoms with van der Waals surface area (Å²) in [4.78, 5) is 16.1. The van der Waals surface area contributed by atoms with Crippen molar-refractivity contribution in [2.75, 3.05) is 12.5 Å². The van der Waals surface area contributed by atoms with E-state index in [0.717, 1.165) is 5.52 Å². The monoisotopic (exact) mass is 219 g/mol.